The van der Waals surface area contributed by atoms with Crippen molar-refractivity contribution in [2.45, 2.75) is 64.2 Å². The summed E-state index contributed by atoms with van der Waals surface area (Å²) in [5.74, 6) is 0.722. The number of imidazole rings is 1. The number of thiazole rings is 1. The molecule has 0 aromatic carbocycles. The Morgan fingerprint density at radius 3 is 2.89 bits per heavy atom. The molecule has 18 heavy (non-hydrogen) atoms. The van der Waals surface area contributed by atoms with Crippen LogP contribution >= 0.6 is 11.3 Å². The van der Waals surface area contributed by atoms with Crippen LogP contribution in [0.15, 0.2) is 0 Å². The lowest BCUT2D eigenvalue weighted by atomic mass is 9.88. The van der Waals surface area contributed by atoms with Crippen LogP contribution in [0, 0.1) is 0 Å². The second-order valence-electron chi connectivity index (χ2n) is 5.74. The van der Waals surface area contributed by atoms with Gasteiger partial charge in [0.25, 0.3) is 0 Å². The van der Waals surface area contributed by atoms with E-state index in [2.05, 4.69) is 11.3 Å². The topological polar surface area (TPSA) is 17.3 Å². The number of nitrogens with zero attached hydrogens (tertiary/aromatic N) is 2. The molecule has 0 saturated carbocycles. The van der Waals surface area contributed by atoms with Crippen molar-refractivity contribution in [2.75, 3.05) is 0 Å². The third kappa shape index (κ3) is 1.43. The van der Waals surface area contributed by atoms with Gasteiger partial charge >= 0.3 is 0 Å². The van der Waals surface area contributed by atoms with E-state index < -0.39 is 0 Å². The quantitative estimate of drug-likeness (QED) is 0.754. The summed E-state index contributed by atoms with van der Waals surface area (Å²) in [6.45, 7) is 2.31. The van der Waals surface area contributed by atoms with Gasteiger partial charge in [-0.3, -0.25) is 4.40 Å². The van der Waals surface area contributed by atoms with Crippen LogP contribution < -0.4 is 0 Å². The van der Waals surface area contributed by atoms with Crippen LogP contribution in [-0.2, 0) is 19.3 Å². The van der Waals surface area contributed by atoms with E-state index in [-0.39, 0.29) is 0 Å². The third-order valence-corrected chi connectivity index (χ3v) is 5.83. The normalized spacial score (nSPS) is 23.1. The Balaban J connectivity index is 1.95. The van der Waals surface area contributed by atoms with Crippen LogP contribution in [0.2, 0.25) is 0 Å². The first-order valence-corrected chi connectivity index (χ1v) is 8.22. The number of hydrogen-bond donors (Lipinski definition) is 0. The van der Waals surface area contributed by atoms with E-state index in [0.29, 0.717) is 0 Å². The molecule has 0 bridgehead atoms. The lowest BCUT2D eigenvalue weighted by molar-refractivity contribution is 0.521. The summed E-state index contributed by atoms with van der Waals surface area (Å²) in [6.07, 6.45) is 10.5. The van der Waals surface area contributed by atoms with Gasteiger partial charge in [-0.25, -0.2) is 4.98 Å². The minimum atomic E-state index is 0.722. The molecule has 0 N–H and O–H groups in total. The molecule has 0 spiro atoms. The number of hydrogen-bond acceptors (Lipinski definition) is 2. The van der Waals surface area contributed by atoms with E-state index in [0.717, 1.165) is 5.92 Å². The molecule has 3 heteroatoms. The fraction of sp³-hybridized carbons (Fsp3) is 0.667. The summed E-state index contributed by atoms with van der Waals surface area (Å²) in [5, 5.41) is 0. The maximum atomic E-state index is 4.99. The van der Waals surface area contributed by atoms with Crippen molar-refractivity contribution in [2.24, 2.45) is 0 Å². The van der Waals surface area contributed by atoms with Gasteiger partial charge in [0.15, 0.2) is 4.96 Å². The highest BCUT2D eigenvalue weighted by Crippen LogP contribution is 2.38. The first-order valence-electron chi connectivity index (χ1n) is 7.40. The molecule has 0 amide bonds. The van der Waals surface area contributed by atoms with E-state index in [1.54, 1.807) is 16.3 Å². The fourth-order valence-electron chi connectivity index (χ4n) is 3.73. The zero-order valence-electron chi connectivity index (χ0n) is 11.0. The molecule has 1 atom stereocenters. The van der Waals surface area contributed by atoms with Gasteiger partial charge in [0.05, 0.1) is 5.69 Å². The van der Waals surface area contributed by atoms with E-state index >= 15 is 0 Å². The van der Waals surface area contributed by atoms with Crippen LogP contribution in [0.4, 0.5) is 0 Å². The van der Waals surface area contributed by atoms with Crippen LogP contribution in [0.1, 0.15) is 66.9 Å². The smallest absolute Gasteiger partial charge is 0.194 e. The number of aryl methyl sites for hydroxylation is 3. The van der Waals surface area contributed by atoms with E-state index in [1.807, 2.05) is 11.3 Å². The Kier molecular flexibility index (Phi) is 2.51. The first-order chi connectivity index (χ1) is 8.88. The highest BCUT2D eigenvalue weighted by Gasteiger charge is 2.27. The summed E-state index contributed by atoms with van der Waals surface area (Å²) in [4.78, 5) is 7.89. The predicted octanol–water partition coefficient (Wildman–Crippen LogP) is 4.10. The highest BCUT2D eigenvalue weighted by molar-refractivity contribution is 7.17. The van der Waals surface area contributed by atoms with Crippen molar-refractivity contribution in [3.05, 3.63) is 22.0 Å². The zero-order valence-corrected chi connectivity index (χ0v) is 11.9. The van der Waals surface area contributed by atoms with Crippen molar-refractivity contribution in [1.82, 2.24) is 9.38 Å². The fourth-order valence-corrected chi connectivity index (χ4v) is 4.96. The van der Waals surface area contributed by atoms with Gasteiger partial charge in [0.1, 0.15) is 0 Å². The Labute approximate surface area is 112 Å². The molecule has 2 aliphatic rings. The first kappa shape index (κ1) is 11.0. The Bertz CT molecular complexity index is 593. The van der Waals surface area contributed by atoms with Crippen molar-refractivity contribution < 1.29 is 0 Å². The maximum absolute atomic E-state index is 4.99. The Morgan fingerprint density at radius 1 is 1.17 bits per heavy atom. The zero-order chi connectivity index (χ0) is 12.1. The van der Waals surface area contributed by atoms with Crippen LogP contribution in [-0.4, -0.2) is 9.38 Å². The summed E-state index contributed by atoms with van der Waals surface area (Å²) < 4.78 is 2.54. The van der Waals surface area contributed by atoms with Crippen LogP contribution in [0.3, 0.4) is 0 Å². The molecule has 4 rings (SSSR count). The average molecular weight is 260 g/mol. The molecular formula is C15H20N2S. The molecule has 1 unspecified atom stereocenters. The largest absolute Gasteiger partial charge is 0.291 e. The highest BCUT2D eigenvalue weighted by atomic mass is 32.1. The van der Waals surface area contributed by atoms with E-state index in [4.69, 9.17) is 4.98 Å². The van der Waals surface area contributed by atoms with Gasteiger partial charge in [-0.05, 0) is 51.4 Å². The standard InChI is InChI=1S/C15H20N2S/c1-2-10-6-5-8-12-14(10)16-15-17(12)11-7-3-4-9-13(11)18-15/h10H,2-9H2,1H3. The van der Waals surface area contributed by atoms with Crippen molar-refractivity contribution in [3.8, 4) is 0 Å². The molecule has 0 radical (unpaired) electrons. The minimum absolute atomic E-state index is 0.722. The SMILES string of the molecule is CCC1CCCc2c1nc1sc3c(n21)CCCC3. The summed E-state index contributed by atoms with van der Waals surface area (Å²) in [6, 6.07) is 0. The summed E-state index contributed by atoms with van der Waals surface area (Å²) >= 11 is 1.96. The van der Waals surface area contributed by atoms with Gasteiger partial charge in [-0.2, -0.15) is 0 Å². The maximum Gasteiger partial charge on any atom is 0.194 e. The van der Waals surface area contributed by atoms with Crippen molar-refractivity contribution in [3.63, 3.8) is 0 Å². The molecule has 96 valence electrons. The molecule has 2 aliphatic carbocycles. The van der Waals surface area contributed by atoms with Gasteiger partial charge in [-0.15, -0.1) is 11.3 Å². The van der Waals surface area contributed by atoms with Crippen LogP contribution in [0.5, 0.6) is 0 Å². The molecule has 2 aromatic heterocycles. The summed E-state index contributed by atoms with van der Waals surface area (Å²) in [5.41, 5.74) is 4.60. The molecule has 2 nitrogen and oxygen atoms in total. The molecule has 2 aromatic rings. The second kappa shape index (κ2) is 4.09. The number of fused-ring (bicyclic) bond motifs is 5. The van der Waals surface area contributed by atoms with Gasteiger partial charge in [0, 0.05) is 22.2 Å². The van der Waals surface area contributed by atoms with Crippen molar-refractivity contribution >= 4 is 16.3 Å². The second-order valence-corrected chi connectivity index (χ2v) is 6.80. The molecule has 0 saturated heterocycles. The molecule has 2 heterocycles. The minimum Gasteiger partial charge on any atom is -0.291 e. The van der Waals surface area contributed by atoms with E-state index in [9.17, 15) is 0 Å². The van der Waals surface area contributed by atoms with Crippen LogP contribution in [0.25, 0.3) is 4.96 Å². The monoisotopic (exact) mass is 260 g/mol. The van der Waals surface area contributed by atoms with E-state index in [1.165, 1.54) is 62.0 Å². The number of aromatic nitrogens is 2. The summed E-state index contributed by atoms with van der Waals surface area (Å²) in [7, 11) is 0. The van der Waals surface area contributed by atoms with Gasteiger partial charge in [-0.1, -0.05) is 6.92 Å². The van der Waals surface area contributed by atoms with Gasteiger partial charge in [0.2, 0.25) is 0 Å². The predicted molar refractivity (Wildman–Crippen MR) is 75.7 cm³/mol. The Hall–Kier alpha value is -0.830. The molecule has 0 fully saturated rings. The lowest BCUT2D eigenvalue weighted by Crippen LogP contribution is -2.12. The van der Waals surface area contributed by atoms with Crippen molar-refractivity contribution in [1.29, 1.82) is 0 Å². The lowest BCUT2D eigenvalue weighted by Gasteiger charge is -2.21. The third-order valence-electron chi connectivity index (χ3n) is 4.69. The average Bonchev–Trinajstić information content (AvgIpc) is 2.93. The molecular weight excluding hydrogens is 240 g/mol. The molecule has 0 aliphatic heterocycles. The Morgan fingerprint density at radius 2 is 2.00 bits per heavy atom. The number of rotatable bonds is 1. The van der Waals surface area contributed by atoms with Gasteiger partial charge < -0.3 is 0 Å².